The molecule has 3 nitrogen and oxygen atoms in total. The Labute approximate surface area is 110 Å². The van der Waals surface area contributed by atoms with Gasteiger partial charge in [-0.15, -0.1) is 0 Å². The van der Waals surface area contributed by atoms with Gasteiger partial charge in [-0.2, -0.15) is 4.99 Å². The highest BCUT2D eigenvalue weighted by atomic mass is 16.5. The van der Waals surface area contributed by atoms with Crippen LogP contribution in [-0.2, 0) is 9.53 Å². The first kappa shape index (κ1) is 14.9. The van der Waals surface area contributed by atoms with Crippen molar-refractivity contribution in [1.82, 2.24) is 0 Å². The van der Waals surface area contributed by atoms with E-state index in [4.69, 9.17) is 4.74 Å². The highest BCUT2D eigenvalue weighted by Gasteiger charge is 2.41. The number of ether oxygens (including phenoxy) is 1. The van der Waals surface area contributed by atoms with Gasteiger partial charge in [0.25, 0.3) is 5.91 Å². The lowest BCUT2D eigenvalue weighted by Crippen LogP contribution is -2.40. The topological polar surface area (TPSA) is 38.7 Å². The number of hydrogen-bond donors (Lipinski definition) is 0. The fourth-order valence-corrected chi connectivity index (χ4v) is 2.24. The van der Waals surface area contributed by atoms with Crippen LogP contribution in [0.5, 0.6) is 0 Å². The van der Waals surface area contributed by atoms with Gasteiger partial charge in [-0.3, -0.25) is 4.79 Å². The zero-order chi connectivity index (χ0) is 13.6. The number of aliphatic imine (C=N–C) groups is 1. The van der Waals surface area contributed by atoms with Crippen LogP contribution in [0.4, 0.5) is 0 Å². The largest absolute Gasteiger partial charge is 0.476 e. The van der Waals surface area contributed by atoms with Gasteiger partial charge in [0.15, 0.2) is 0 Å². The van der Waals surface area contributed by atoms with Crippen LogP contribution in [0.1, 0.15) is 59.3 Å². The second kappa shape index (κ2) is 6.72. The summed E-state index contributed by atoms with van der Waals surface area (Å²) in [7, 11) is 0. The van der Waals surface area contributed by atoms with Crippen molar-refractivity contribution in [3.8, 4) is 0 Å². The first-order valence-electron chi connectivity index (χ1n) is 6.97. The van der Waals surface area contributed by atoms with Crippen molar-refractivity contribution in [2.75, 3.05) is 6.61 Å². The Bertz CT molecular complexity index is 336. The fraction of sp³-hybridized carbons (Fsp3) is 0.733. The second-order valence-electron chi connectivity index (χ2n) is 5.28. The van der Waals surface area contributed by atoms with Crippen molar-refractivity contribution >= 4 is 11.8 Å². The monoisotopic (exact) mass is 251 g/mol. The van der Waals surface area contributed by atoms with Gasteiger partial charge in [-0.05, 0) is 19.8 Å². The van der Waals surface area contributed by atoms with E-state index in [0.717, 1.165) is 44.1 Å². The lowest BCUT2D eigenvalue weighted by atomic mass is 9.77. The third-order valence-electron chi connectivity index (χ3n) is 3.52. The maximum atomic E-state index is 12.3. The minimum absolute atomic E-state index is 0.00588. The number of unbranched alkanes of at least 4 members (excludes halogenated alkanes) is 2. The first-order chi connectivity index (χ1) is 8.55. The van der Waals surface area contributed by atoms with Crippen LogP contribution in [0.3, 0.4) is 0 Å². The number of carbonyl (C=O) groups is 1. The summed E-state index contributed by atoms with van der Waals surface area (Å²) in [6.45, 7) is 10.3. The lowest BCUT2D eigenvalue weighted by molar-refractivity contribution is -0.132. The minimum Gasteiger partial charge on any atom is -0.476 e. The molecule has 102 valence electrons. The van der Waals surface area contributed by atoms with Gasteiger partial charge in [0.05, 0.1) is 5.41 Å². The molecule has 0 saturated carbocycles. The quantitative estimate of drug-likeness (QED) is 0.688. The molecule has 1 aliphatic heterocycles. The van der Waals surface area contributed by atoms with E-state index in [1.807, 2.05) is 6.92 Å². The van der Waals surface area contributed by atoms with E-state index in [-0.39, 0.29) is 11.3 Å². The zero-order valence-corrected chi connectivity index (χ0v) is 11.9. The van der Waals surface area contributed by atoms with E-state index in [2.05, 4.69) is 25.4 Å². The maximum Gasteiger partial charge on any atom is 0.258 e. The van der Waals surface area contributed by atoms with Gasteiger partial charge in [0.1, 0.15) is 6.61 Å². The van der Waals surface area contributed by atoms with Crippen molar-refractivity contribution in [1.29, 1.82) is 0 Å². The smallest absolute Gasteiger partial charge is 0.258 e. The summed E-state index contributed by atoms with van der Waals surface area (Å²) in [6.07, 6.45) is 6.06. The van der Waals surface area contributed by atoms with Gasteiger partial charge in [-0.25, -0.2) is 0 Å². The minimum atomic E-state index is -0.384. The number of rotatable bonds is 7. The van der Waals surface area contributed by atoms with Gasteiger partial charge < -0.3 is 4.74 Å². The number of hydrogen-bond acceptors (Lipinski definition) is 2. The molecule has 0 spiro atoms. The average Bonchev–Trinajstić information content (AvgIpc) is 2.36. The highest BCUT2D eigenvalue weighted by Crippen LogP contribution is 2.36. The summed E-state index contributed by atoms with van der Waals surface area (Å²) in [4.78, 5) is 16.4. The van der Waals surface area contributed by atoms with E-state index in [1.54, 1.807) is 0 Å². The Kier molecular flexibility index (Phi) is 5.57. The summed E-state index contributed by atoms with van der Waals surface area (Å²) < 4.78 is 5.65. The van der Waals surface area contributed by atoms with E-state index in [0.29, 0.717) is 12.5 Å². The number of amides is 1. The van der Waals surface area contributed by atoms with Crippen LogP contribution in [0, 0.1) is 5.41 Å². The van der Waals surface area contributed by atoms with Gasteiger partial charge in [0, 0.05) is 5.57 Å². The Morgan fingerprint density at radius 2 is 1.89 bits per heavy atom. The highest BCUT2D eigenvalue weighted by molar-refractivity contribution is 6.03. The summed E-state index contributed by atoms with van der Waals surface area (Å²) in [5.74, 6) is 0.414. The van der Waals surface area contributed by atoms with E-state index in [1.165, 1.54) is 0 Å². The molecular formula is C15H25NO2. The summed E-state index contributed by atoms with van der Waals surface area (Å²) in [6, 6.07) is 0. The Balaban J connectivity index is 2.85. The van der Waals surface area contributed by atoms with Crippen molar-refractivity contribution in [2.45, 2.75) is 59.3 Å². The van der Waals surface area contributed by atoms with Gasteiger partial charge in [0.2, 0.25) is 5.90 Å². The van der Waals surface area contributed by atoms with Crippen molar-refractivity contribution < 1.29 is 9.53 Å². The number of nitrogens with zero attached hydrogens (tertiary/aromatic N) is 1. The van der Waals surface area contributed by atoms with Crippen LogP contribution < -0.4 is 0 Å². The van der Waals surface area contributed by atoms with Gasteiger partial charge >= 0.3 is 0 Å². The van der Waals surface area contributed by atoms with Crippen LogP contribution >= 0.6 is 0 Å². The molecule has 0 radical (unpaired) electrons. The van der Waals surface area contributed by atoms with Crippen LogP contribution in [0.25, 0.3) is 0 Å². The molecule has 0 aliphatic carbocycles. The molecule has 0 saturated heterocycles. The molecule has 0 aromatic rings. The Morgan fingerprint density at radius 1 is 1.33 bits per heavy atom. The first-order valence-corrected chi connectivity index (χ1v) is 6.97. The van der Waals surface area contributed by atoms with E-state index >= 15 is 0 Å². The molecule has 0 bridgehead atoms. The Hall–Kier alpha value is -1.12. The molecule has 1 rings (SSSR count). The van der Waals surface area contributed by atoms with Gasteiger partial charge in [-0.1, -0.05) is 46.1 Å². The molecule has 0 N–H and O–H groups in total. The predicted molar refractivity (Wildman–Crippen MR) is 74.7 cm³/mol. The molecule has 0 unspecified atom stereocenters. The van der Waals surface area contributed by atoms with Crippen molar-refractivity contribution in [3.63, 3.8) is 0 Å². The molecule has 1 heterocycles. The lowest BCUT2D eigenvalue weighted by Gasteiger charge is -2.34. The SMILES string of the molecule is C=C(C)C1=NC(=O)C(CCCC)(CCCC)CO1. The van der Waals surface area contributed by atoms with Crippen molar-refractivity contribution in [3.05, 3.63) is 12.2 Å². The van der Waals surface area contributed by atoms with Crippen LogP contribution in [0.15, 0.2) is 17.1 Å². The van der Waals surface area contributed by atoms with E-state index in [9.17, 15) is 4.79 Å². The standard InChI is InChI=1S/C15H25NO2/c1-5-7-9-15(10-8-6-2)11-18-13(12(3)4)16-14(15)17/h3,5-11H2,1-2,4H3. The fourth-order valence-electron chi connectivity index (χ4n) is 2.24. The summed E-state index contributed by atoms with van der Waals surface area (Å²) >= 11 is 0. The molecule has 0 atom stereocenters. The maximum absolute atomic E-state index is 12.3. The molecule has 0 aromatic carbocycles. The predicted octanol–water partition coefficient (Wildman–Crippen LogP) is 3.88. The molecule has 1 aliphatic rings. The second-order valence-corrected chi connectivity index (χ2v) is 5.28. The molecular weight excluding hydrogens is 226 g/mol. The normalized spacial score (nSPS) is 18.2. The average molecular weight is 251 g/mol. The molecule has 0 fully saturated rings. The van der Waals surface area contributed by atoms with Crippen LogP contribution in [0.2, 0.25) is 0 Å². The van der Waals surface area contributed by atoms with Crippen LogP contribution in [-0.4, -0.2) is 18.4 Å². The summed E-state index contributed by atoms with van der Waals surface area (Å²) in [5.41, 5.74) is 0.341. The van der Waals surface area contributed by atoms with E-state index < -0.39 is 0 Å². The molecule has 18 heavy (non-hydrogen) atoms. The van der Waals surface area contributed by atoms with Crippen molar-refractivity contribution in [2.24, 2.45) is 10.4 Å². The molecule has 0 aromatic heterocycles. The zero-order valence-electron chi connectivity index (χ0n) is 11.9. The molecule has 3 heteroatoms. The third-order valence-corrected chi connectivity index (χ3v) is 3.52. The summed E-state index contributed by atoms with van der Waals surface area (Å²) in [5, 5.41) is 0. The number of carbonyl (C=O) groups excluding carboxylic acids is 1. The Morgan fingerprint density at radius 3 is 2.28 bits per heavy atom. The molecule has 1 amide bonds. The third kappa shape index (κ3) is 3.44.